The minimum atomic E-state index is -3.14. The molecule has 7 heteroatoms. The second-order valence-electron chi connectivity index (χ2n) is 6.66. The molecule has 4 nitrogen and oxygen atoms in total. The number of halogens is 1. The Bertz CT molecular complexity index is 975. The van der Waals surface area contributed by atoms with Gasteiger partial charge >= 0.3 is 0 Å². The maximum Gasteiger partial charge on any atom is 0.164 e. The lowest BCUT2D eigenvalue weighted by molar-refractivity contribution is 0.600. The molecule has 26 heavy (non-hydrogen) atoms. The van der Waals surface area contributed by atoms with E-state index in [-0.39, 0.29) is 29.4 Å². The van der Waals surface area contributed by atoms with Crippen LogP contribution in [0.2, 0.25) is 0 Å². The number of para-hydroxylation sites is 1. The smallest absolute Gasteiger partial charge is 0.164 e. The van der Waals surface area contributed by atoms with E-state index >= 15 is 0 Å². The van der Waals surface area contributed by atoms with Crippen LogP contribution in [0, 0.1) is 12.7 Å². The number of hydrogen-bond donors (Lipinski definition) is 0. The normalized spacial score (nSPS) is 23.8. The van der Waals surface area contributed by atoms with Crippen molar-refractivity contribution < 1.29 is 12.8 Å². The topological polar surface area (TPSA) is 49.7 Å². The molecule has 136 valence electrons. The molecule has 0 aromatic heterocycles. The Hall–Kier alpha value is -1.86. The van der Waals surface area contributed by atoms with E-state index in [4.69, 9.17) is 0 Å². The van der Waals surface area contributed by atoms with Gasteiger partial charge in [-0.2, -0.15) is 0 Å². The zero-order valence-corrected chi connectivity index (χ0v) is 15.9. The number of fused-ring (bicyclic) bond motifs is 1. The summed E-state index contributed by atoms with van der Waals surface area (Å²) in [7, 11) is -3.14. The van der Waals surface area contributed by atoms with E-state index in [1.165, 1.54) is 29.0 Å². The molecule has 2 aromatic rings. The van der Waals surface area contributed by atoms with Crippen molar-refractivity contribution in [2.45, 2.75) is 24.8 Å². The van der Waals surface area contributed by atoms with Gasteiger partial charge in [0.2, 0.25) is 0 Å². The van der Waals surface area contributed by atoms with Crippen LogP contribution < -0.4 is 4.90 Å². The molecule has 2 aromatic carbocycles. The summed E-state index contributed by atoms with van der Waals surface area (Å²) in [6.07, 6.45) is 0. The average molecular weight is 391 g/mol. The monoisotopic (exact) mass is 390 g/mol. The lowest BCUT2D eigenvalue weighted by atomic mass is 10.1. The third-order valence-electron chi connectivity index (χ3n) is 4.84. The highest BCUT2D eigenvalue weighted by molar-refractivity contribution is 8.13. The molecule has 2 aliphatic heterocycles. The van der Waals surface area contributed by atoms with Gasteiger partial charge in [-0.15, -0.1) is 0 Å². The highest BCUT2D eigenvalue weighted by Gasteiger charge is 2.47. The van der Waals surface area contributed by atoms with E-state index in [9.17, 15) is 12.8 Å². The minimum Gasteiger partial charge on any atom is -0.312 e. The molecule has 4 rings (SSSR count). The third-order valence-corrected chi connectivity index (χ3v) is 7.55. The van der Waals surface area contributed by atoms with Gasteiger partial charge in [-0.3, -0.25) is 4.99 Å². The first-order valence-electron chi connectivity index (χ1n) is 8.44. The number of rotatable bonds is 3. The fourth-order valence-corrected chi connectivity index (χ4v) is 6.51. The molecular weight excluding hydrogens is 371 g/mol. The van der Waals surface area contributed by atoms with Gasteiger partial charge in [0.15, 0.2) is 15.0 Å². The van der Waals surface area contributed by atoms with Crippen molar-refractivity contribution in [2.24, 2.45) is 4.99 Å². The Morgan fingerprint density at radius 2 is 1.88 bits per heavy atom. The molecule has 1 saturated heterocycles. The van der Waals surface area contributed by atoms with Gasteiger partial charge in [-0.25, -0.2) is 12.8 Å². The van der Waals surface area contributed by atoms with Crippen molar-refractivity contribution in [2.75, 3.05) is 16.4 Å². The molecule has 1 fully saturated rings. The van der Waals surface area contributed by atoms with E-state index in [0.29, 0.717) is 16.6 Å². The summed E-state index contributed by atoms with van der Waals surface area (Å²) in [5.74, 6) is 0.408. The number of amidine groups is 1. The minimum absolute atomic E-state index is 0.0178. The molecule has 2 heterocycles. The van der Waals surface area contributed by atoms with Crippen molar-refractivity contribution in [3.8, 4) is 0 Å². The molecule has 0 amide bonds. The summed E-state index contributed by atoms with van der Waals surface area (Å²) in [4.78, 5) is 6.43. The first-order valence-corrected chi connectivity index (χ1v) is 11.2. The van der Waals surface area contributed by atoms with Crippen molar-refractivity contribution in [3.63, 3.8) is 0 Å². The largest absolute Gasteiger partial charge is 0.312 e. The van der Waals surface area contributed by atoms with Gasteiger partial charge in [0.25, 0.3) is 0 Å². The Kier molecular flexibility index (Phi) is 4.52. The molecule has 0 aliphatic carbocycles. The van der Waals surface area contributed by atoms with E-state index < -0.39 is 9.84 Å². The van der Waals surface area contributed by atoms with E-state index in [0.717, 1.165) is 0 Å². The molecule has 0 N–H and O–H groups in total. The maximum atomic E-state index is 14.4. The van der Waals surface area contributed by atoms with Crippen LogP contribution in [-0.4, -0.2) is 37.2 Å². The second kappa shape index (κ2) is 6.70. The van der Waals surface area contributed by atoms with E-state index in [2.05, 4.69) is 24.0 Å². The van der Waals surface area contributed by atoms with E-state index in [1.54, 1.807) is 23.1 Å². The number of hydrogen-bond acceptors (Lipinski definition) is 5. The standard InChI is InChI=1S/C19H19FN2O2S2/c1-13-6-2-3-7-14(13)10-25-19-21-16-11-26(23,24)12-18(16)22(19)17-9-5-4-8-15(17)20/h2-9,16,18H,10-12H2,1H3/t16-,18+/m0/s1. The molecule has 2 aliphatic rings. The highest BCUT2D eigenvalue weighted by atomic mass is 32.2. The Balaban J connectivity index is 1.65. The summed E-state index contributed by atoms with van der Waals surface area (Å²) in [6, 6.07) is 14.0. The first kappa shape index (κ1) is 17.5. The molecule has 0 radical (unpaired) electrons. The fourth-order valence-electron chi connectivity index (χ4n) is 3.48. The highest BCUT2D eigenvalue weighted by Crippen LogP contribution is 2.37. The summed E-state index contributed by atoms with van der Waals surface area (Å²) >= 11 is 1.53. The van der Waals surface area contributed by atoms with Crippen LogP contribution in [0.1, 0.15) is 11.1 Å². The van der Waals surface area contributed by atoms with Crippen LogP contribution >= 0.6 is 11.8 Å². The van der Waals surface area contributed by atoms with Crippen molar-refractivity contribution in [1.82, 2.24) is 0 Å². The Morgan fingerprint density at radius 1 is 1.15 bits per heavy atom. The maximum absolute atomic E-state index is 14.4. The van der Waals surface area contributed by atoms with Crippen LogP contribution in [0.5, 0.6) is 0 Å². The van der Waals surface area contributed by atoms with Crippen LogP contribution in [-0.2, 0) is 15.6 Å². The average Bonchev–Trinajstić information content (AvgIpc) is 3.06. The number of sulfone groups is 1. The molecule has 0 bridgehead atoms. The number of aryl methyl sites for hydroxylation is 1. The Morgan fingerprint density at radius 3 is 2.65 bits per heavy atom. The van der Waals surface area contributed by atoms with Crippen molar-refractivity contribution >= 4 is 32.5 Å². The SMILES string of the molecule is Cc1ccccc1CSC1=N[C@H]2CS(=O)(=O)C[C@H]2N1c1ccccc1F. The number of benzene rings is 2. The molecular formula is C19H19FN2O2S2. The van der Waals surface area contributed by atoms with Crippen LogP contribution in [0.4, 0.5) is 10.1 Å². The zero-order chi connectivity index (χ0) is 18.3. The van der Waals surface area contributed by atoms with Gasteiger partial charge in [0.05, 0.1) is 29.3 Å². The molecule has 0 spiro atoms. The van der Waals surface area contributed by atoms with Crippen molar-refractivity contribution in [3.05, 3.63) is 65.5 Å². The zero-order valence-electron chi connectivity index (χ0n) is 14.3. The predicted molar refractivity (Wildman–Crippen MR) is 105 cm³/mol. The summed E-state index contributed by atoms with van der Waals surface area (Å²) in [5.41, 5.74) is 2.78. The van der Waals surface area contributed by atoms with Crippen LogP contribution in [0.15, 0.2) is 53.5 Å². The summed E-state index contributed by atoms with van der Waals surface area (Å²) in [6.45, 7) is 2.06. The van der Waals surface area contributed by atoms with Crippen LogP contribution in [0.25, 0.3) is 0 Å². The van der Waals surface area contributed by atoms with E-state index in [1.807, 2.05) is 12.1 Å². The fraction of sp³-hybridized carbons (Fsp3) is 0.316. The summed E-state index contributed by atoms with van der Waals surface area (Å²) in [5, 5.41) is 0.697. The molecule has 2 atom stereocenters. The first-order chi connectivity index (χ1) is 12.4. The lowest BCUT2D eigenvalue weighted by Gasteiger charge is -2.26. The van der Waals surface area contributed by atoms with Gasteiger partial charge in [-0.1, -0.05) is 48.2 Å². The van der Waals surface area contributed by atoms with Gasteiger partial charge in [0.1, 0.15) is 5.82 Å². The summed E-state index contributed by atoms with van der Waals surface area (Å²) < 4.78 is 38.5. The van der Waals surface area contributed by atoms with Crippen LogP contribution in [0.3, 0.4) is 0 Å². The molecule has 0 saturated carbocycles. The number of aliphatic imine (C=N–C) groups is 1. The third kappa shape index (κ3) is 3.25. The number of thioether (sulfide) groups is 1. The Labute approximate surface area is 157 Å². The van der Waals surface area contributed by atoms with Gasteiger partial charge in [0, 0.05) is 5.75 Å². The second-order valence-corrected chi connectivity index (χ2v) is 9.76. The number of anilines is 1. The van der Waals surface area contributed by atoms with Gasteiger partial charge < -0.3 is 4.90 Å². The lowest BCUT2D eigenvalue weighted by Crippen LogP contribution is -2.39. The molecule has 0 unspecified atom stereocenters. The van der Waals surface area contributed by atoms with Gasteiger partial charge in [-0.05, 0) is 30.2 Å². The predicted octanol–water partition coefficient (Wildman–Crippen LogP) is 3.41. The van der Waals surface area contributed by atoms with Crippen molar-refractivity contribution in [1.29, 1.82) is 0 Å². The quantitative estimate of drug-likeness (QED) is 0.806. The number of nitrogens with zero attached hydrogens (tertiary/aromatic N) is 2.